The van der Waals surface area contributed by atoms with Crippen LogP contribution in [0.25, 0.3) is 11.3 Å². The number of furan rings is 1. The second kappa shape index (κ2) is 6.65. The van der Waals surface area contributed by atoms with Crippen LogP contribution in [0.2, 0.25) is 0 Å². The van der Waals surface area contributed by atoms with Gasteiger partial charge in [0.2, 0.25) is 0 Å². The Kier molecular flexibility index (Phi) is 4.36. The number of nitrogens with zero attached hydrogens (tertiary/aromatic N) is 1. The first-order valence-electron chi connectivity index (χ1n) is 8.99. The molecule has 2 atom stereocenters. The minimum absolute atomic E-state index is 0.108. The quantitative estimate of drug-likeness (QED) is 0.896. The van der Waals surface area contributed by atoms with Crippen LogP contribution in [0.1, 0.15) is 24.8 Å². The van der Waals surface area contributed by atoms with Gasteiger partial charge in [-0.15, -0.1) is 0 Å². The van der Waals surface area contributed by atoms with Crippen molar-refractivity contribution in [1.29, 1.82) is 0 Å². The van der Waals surface area contributed by atoms with Gasteiger partial charge in [-0.1, -0.05) is 24.3 Å². The minimum atomic E-state index is -0.650. The molecule has 5 nitrogen and oxygen atoms in total. The van der Waals surface area contributed by atoms with Crippen molar-refractivity contribution < 1.29 is 14.3 Å². The van der Waals surface area contributed by atoms with Crippen molar-refractivity contribution in [3.63, 3.8) is 0 Å². The molecule has 132 valence electrons. The number of hydrogen-bond acceptors (Lipinski definition) is 4. The molecule has 2 aliphatic rings. The highest BCUT2D eigenvalue weighted by Gasteiger charge is 2.50. The van der Waals surface area contributed by atoms with Gasteiger partial charge in [0.25, 0.3) is 0 Å². The molecule has 0 bridgehead atoms. The van der Waals surface area contributed by atoms with Crippen LogP contribution in [-0.2, 0) is 11.3 Å². The van der Waals surface area contributed by atoms with Crippen LogP contribution in [0, 0.1) is 5.41 Å². The molecule has 0 aliphatic carbocycles. The lowest BCUT2D eigenvalue weighted by Gasteiger charge is -2.48. The Balaban J connectivity index is 1.47. The third kappa shape index (κ3) is 3.10. The fourth-order valence-corrected chi connectivity index (χ4v) is 4.34. The van der Waals surface area contributed by atoms with E-state index in [4.69, 9.17) is 4.42 Å². The van der Waals surface area contributed by atoms with E-state index in [9.17, 15) is 9.90 Å². The Morgan fingerprint density at radius 3 is 2.88 bits per heavy atom. The zero-order valence-electron chi connectivity index (χ0n) is 14.3. The van der Waals surface area contributed by atoms with E-state index in [1.165, 1.54) is 5.56 Å². The number of nitrogens with one attached hydrogen (secondary N) is 1. The number of carboxylic acid groups (broad SMARTS) is 1. The van der Waals surface area contributed by atoms with E-state index in [0.717, 1.165) is 50.2 Å². The highest BCUT2D eigenvalue weighted by molar-refractivity contribution is 5.76. The summed E-state index contributed by atoms with van der Waals surface area (Å²) in [6.07, 6.45) is 4.29. The van der Waals surface area contributed by atoms with Crippen molar-refractivity contribution in [2.45, 2.75) is 31.8 Å². The van der Waals surface area contributed by atoms with Crippen molar-refractivity contribution >= 4 is 5.97 Å². The Morgan fingerprint density at radius 2 is 2.16 bits per heavy atom. The predicted molar refractivity (Wildman–Crippen MR) is 95.1 cm³/mol. The van der Waals surface area contributed by atoms with Crippen molar-refractivity contribution in [2.24, 2.45) is 5.41 Å². The maximum absolute atomic E-state index is 12.0. The number of carboxylic acids is 1. The summed E-state index contributed by atoms with van der Waals surface area (Å²) in [6.45, 7) is 3.29. The molecule has 2 saturated heterocycles. The summed E-state index contributed by atoms with van der Waals surface area (Å²) in [7, 11) is 0. The van der Waals surface area contributed by atoms with Crippen LogP contribution in [-0.4, -0.2) is 41.7 Å². The van der Waals surface area contributed by atoms with Crippen molar-refractivity contribution in [3.8, 4) is 11.3 Å². The fraction of sp³-hybridized carbons (Fsp3) is 0.450. The topological polar surface area (TPSA) is 65.7 Å². The first-order chi connectivity index (χ1) is 12.2. The minimum Gasteiger partial charge on any atom is -0.481 e. The molecule has 0 spiro atoms. The molecule has 1 aromatic carbocycles. The van der Waals surface area contributed by atoms with E-state index < -0.39 is 11.4 Å². The van der Waals surface area contributed by atoms with Crippen LogP contribution in [0.4, 0.5) is 0 Å². The molecule has 0 amide bonds. The number of likely N-dealkylation sites (tertiary alicyclic amines) is 1. The Labute approximate surface area is 147 Å². The highest BCUT2D eigenvalue weighted by atomic mass is 16.4. The van der Waals surface area contributed by atoms with Crippen LogP contribution < -0.4 is 5.32 Å². The maximum Gasteiger partial charge on any atom is 0.312 e. The van der Waals surface area contributed by atoms with Gasteiger partial charge in [0, 0.05) is 31.2 Å². The van der Waals surface area contributed by atoms with Gasteiger partial charge >= 0.3 is 5.97 Å². The largest absolute Gasteiger partial charge is 0.481 e. The molecular weight excluding hydrogens is 316 g/mol. The summed E-state index contributed by atoms with van der Waals surface area (Å²) in [6, 6.07) is 12.3. The van der Waals surface area contributed by atoms with E-state index in [1.54, 1.807) is 6.26 Å². The number of aliphatic carboxylic acids is 1. The van der Waals surface area contributed by atoms with E-state index >= 15 is 0 Å². The van der Waals surface area contributed by atoms with Gasteiger partial charge in [-0.3, -0.25) is 9.69 Å². The summed E-state index contributed by atoms with van der Waals surface area (Å²) < 4.78 is 5.43. The predicted octanol–water partition coefficient (Wildman–Crippen LogP) is 2.98. The summed E-state index contributed by atoms with van der Waals surface area (Å²) in [4.78, 5) is 14.3. The number of rotatable bonds is 4. The lowest BCUT2D eigenvalue weighted by atomic mass is 9.70. The second-order valence-corrected chi connectivity index (χ2v) is 7.25. The highest BCUT2D eigenvalue weighted by Crippen LogP contribution is 2.38. The van der Waals surface area contributed by atoms with Crippen LogP contribution in [0.5, 0.6) is 0 Å². The van der Waals surface area contributed by atoms with Crippen molar-refractivity contribution in [2.75, 3.05) is 19.6 Å². The van der Waals surface area contributed by atoms with Crippen molar-refractivity contribution in [1.82, 2.24) is 10.2 Å². The zero-order valence-corrected chi connectivity index (χ0v) is 14.3. The van der Waals surface area contributed by atoms with Gasteiger partial charge in [-0.05, 0) is 43.5 Å². The average molecular weight is 340 g/mol. The van der Waals surface area contributed by atoms with Crippen LogP contribution in [0.15, 0.2) is 47.1 Å². The molecule has 25 heavy (non-hydrogen) atoms. The lowest BCUT2D eigenvalue weighted by molar-refractivity contribution is -0.157. The Bertz CT molecular complexity index is 726. The first kappa shape index (κ1) is 16.4. The molecule has 0 radical (unpaired) electrons. The smallest absolute Gasteiger partial charge is 0.312 e. The molecule has 3 heterocycles. The molecule has 2 fully saturated rings. The standard InChI is InChI=1S/C20H24N2O3/c23-19(24)20-9-2-10-21-18(20)8-11-22(14-20)13-15-4-6-16(7-5-15)17-3-1-12-25-17/h1,3-7,12,18,21H,2,8-11,13-14H2,(H,23,24)/t18-,20+/m1/s1. The average Bonchev–Trinajstić information content (AvgIpc) is 3.17. The molecule has 2 aliphatic heterocycles. The SMILES string of the molecule is O=C(O)[C@]12CCCN[C@@H]1CCN(Cc1ccc(-c3ccco3)cc1)C2. The van der Waals surface area contributed by atoms with E-state index in [1.807, 2.05) is 12.1 Å². The van der Waals surface area contributed by atoms with Gasteiger partial charge in [0.1, 0.15) is 5.76 Å². The molecule has 4 rings (SSSR count). The molecule has 0 saturated carbocycles. The molecule has 1 aromatic heterocycles. The number of hydrogen-bond donors (Lipinski definition) is 2. The normalized spacial score (nSPS) is 27.0. The number of fused-ring (bicyclic) bond motifs is 1. The monoisotopic (exact) mass is 340 g/mol. The first-order valence-corrected chi connectivity index (χ1v) is 8.99. The molecular formula is C20H24N2O3. The second-order valence-electron chi connectivity index (χ2n) is 7.25. The molecule has 2 aromatic rings. The van der Waals surface area contributed by atoms with Gasteiger partial charge in [0.15, 0.2) is 0 Å². The van der Waals surface area contributed by atoms with E-state index in [0.29, 0.717) is 6.54 Å². The summed E-state index contributed by atoms with van der Waals surface area (Å²) in [5.74, 6) is 0.216. The van der Waals surface area contributed by atoms with Gasteiger partial charge in [-0.25, -0.2) is 0 Å². The zero-order chi connectivity index (χ0) is 17.3. The molecule has 2 N–H and O–H groups in total. The third-order valence-electron chi connectivity index (χ3n) is 5.69. The number of piperidine rings is 2. The van der Waals surface area contributed by atoms with Crippen LogP contribution >= 0.6 is 0 Å². The Morgan fingerprint density at radius 1 is 1.32 bits per heavy atom. The Hall–Kier alpha value is -2.11. The summed E-state index contributed by atoms with van der Waals surface area (Å²) >= 11 is 0. The third-order valence-corrected chi connectivity index (χ3v) is 5.69. The lowest BCUT2D eigenvalue weighted by Crippen LogP contribution is -2.62. The van der Waals surface area contributed by atoms with Crippen LogP contribution in [0.3, 0.4) is 0 Å². The van der Waals surface area contributed by atoms with Gasteiger partial charge < -0.3 is 14.8 Å². The molecule has 0 unspecified atom stereocenters. The maximum atomic E-state index is 12.0. The van der Waals surface area contributed by atoms with E-state index in [-0.39, 0.29) is 6.04 Å². The summed E-state index contributed by atoms with van der Waals surface area (Å²) in [5.41, 5.74) is 1.63. The van der Waals surface area contributed by atoms with Gasteiger partial charge in [0.05, 0.1) is 11.7 Å². The van der Waals surface area contributed by atoms with Crippen molar-refractivity contribution in [3.05, 3.63) is 48.2 Å². The summed E-state index contributed by atoms with van der Waals surface area (Å²) in [5, 5.41) is 13.3. The number of carbonyl (C=O) groups is 1. The fourth-order valence-electron chi connectivity index (χ4n) is 4.34. The molecule has 5 heteroatoms. The van der Waals surface area contributed by atoms with E-state index in [2.05, 4.69) is 34.5 Å². The van der Waals surface area contributed by atoms with Gasteiger partial charge in [-0.2, -0.15) is 0 Å². The number of benzene rings is 1.